The van der Waals surface area contributed by atoms with Gasteiger partial charge in [0.2, 0.25) is 0 Å². The molecular formula is C17H23N3O4. The number of carbonyl (C=O) groups is 2. The van der Waals surface area contributed by atoms with Gasteiger partial charge in [0, 0.05) is 6.20 Å². The largest absolute Gasteiger partial charge is 0.460 e. The molecule has 0 aromatic heterocycles. The average molecular weight is 333 g/mol. The van der Waals surface area contributed by atoms with Crippen molar-refractivity contribution in [1.82, 2.24) is 5.32 Å². The maximum atomic E-state index is 11.7. The fourth-order valence-electron chi connectivity index (χ4n) is 1.69. The quantitative estimate of drug-likeness (QED) is 0.562. The van der Waals surface area contributed by atoms with Crippen LogP contribution in [0.2, 0.25) is 0 Å². The summed E-state index contributed by atoms with van der Waals surface area (Å²) in [6.45, 7) is 5.38. The lowest BCUT2D eigenvalue weighted by molar-refractivity contribution is -0.154. The molecule has 7 nitrogen and oxygen atoms in total. The lowest BCUT2D eigenvalue weighted by Gasteiger charge is -2.19. The highest BCUT2D eigenvalue weighted by molar-refractivity contribution is 5.73. The Bertz CT molecular complexity index is 592. The Hall–Kier alpha value is -2.70. The lowest BCUT2D eigenvalue weighted by Crippen LogP contribution is -2.24. The van der Waals surface area contributed by atoms with E-state index < -0.39 is 17.5 Å². The number of rotatable bonds is 8. The molecule has 0 amide bonds. The third kappa shape index (κ3) is 8.67. The second-order valence-electron chi connectivity index (χ2n) is 6.04. The topological polar surface area (TPSA) is 101 Å². The summed E-state index contributed by atoms with van der Waals surface area (Å²) in [7, 11) is 0. The number of hydrogen-bond donors (Lipinski definition) is 2. The summed E-state index contributed by atoms with van der Waals surface area (Å²) in [5.41, 5.74) is 7.52. The van der Waals surface area contributed by atoms with Crippen LogP contribution in [0.25, 0.3) is 0 Å². The first kappa shape index (κ1) is 19.3. The zero-order valence-corrected chi connectivity index (χ0v) is 14.2. The Morgan fingerprint density at radius 3 is 2.46 bits per heavy atom. The van der Waals surface area contributed by atoms with E-state index in [0.717, 1.165) is 5.56 Å². The number of benzene rings is 1. The van der Waals surface area contributed by atoms with E-state index in [0.29, 0.717) is 0 Å². The SMILES string of the molecule is CC(C)(C)OC(=O)C/C(=C/NCC(=O)OCc1ccccc1)N=N. The van der Waals surface area contributed by atoms with Gasteiger partial charge in [-0.1, -0.05) is 30.3 Å². The highest BCUT2D eigenvalue weighted by Crippen LogP contribution is 2.11. The normalized spacial score (nSPS) is 11.5. The van der Waals surface area contributed by atoms with Gasteiger partial charge in [-0.05, 0) is 26.3 Å². The predicted octanol–water partition coefficient (Wildman–Crippen LogP) is 2.92. The number of ether oxygens (including phenoxy) is 2. The van der Waals surface area contributed by atoms with E-state index in [4.69, 9.17) is 15.0 Å². The Labute approximate surface area is 141 Å². The van der Waals surface area contributed by atoms with Crippen molar-refractivity contribution < 1.29 is 19.1 Å². The molecule has 0 radical (unpaired) electrons. The van der Waals surface area contributed by atoms with Gasteiger partial charge >= 0.3 is 11.9 Å². The third-order valence-corrected chi connectivity index (χ3v) is 2.65. The average Bonchev–Trinajstić information content (AvgIpc) is 2.51. The summed E-state index contributed by atoms with van der Waals surface area (Å²) in [6.07, 6.45) is 1.19. The molecule has 0 unspecified atom stereocenters. The molecule has 0 fully saturated rings. The van der Waals surface area contributed by atoms with Crippen LogP contribution >= 0.6 is 0 Å². The monoisotopic (exact) mass is 333 g/mol. The van der Waals surface area contributed by atoms with Gasteiger partial charge in [0.05, 0.1) is 12.1 Å². The Balaban J connectivity index is 2.36. The first-order valence-electron chi connectivity index (χ1n) is 7.51. The first-order chi connectivity index (χ1) is 11.3. The summed E-state index contributed by atoms with van der Waals surface area (Å²) in [5, 5.41) is 5.93. The van der Waals surface area contributed by atoms with E-state index in [1.54, 1.807) is 20.8 Å². The molecule has 0 spiro atoms. The summed E-state index contributed by atoms with van der Waals surface area (Å²) in [6, 6.07) is 9.33. The van der Waals surface area contributed by atoms with Gasteiger partial charge < -0.3 is 14.8 Å². The number of nitrogens with one attached hydrogen (secondary N) is 2. The minimum absolute atomic E-state index is 0.0832. The molecule has 1 rings (SSSR count). The molecule has 0 aliphatic heterocycles. The van der Waals surface area contributed by atoms with Crippen molar-refractivity contribution >= 4 is 11.9 Å². The predicted molar refractivity (Wildman–Crippen MR) is 87.9 cm³/mol. The van der Waals surface area contributed by atoms with E-state index in [9.17, 15) is 9.59 Å². The maximum absolute atomic E-state index is 11.7. The molecule has 1 aromatic carbocycles. The van der Waals surface area contributed by atoms with Crippen LogP contribution < -0.4 is 5.32 Å². The molecule has 1 aromatic rings. The van der Waals surface area contributed by atoms with E-state index in [1.165, 1.54) is 6.20 Å². The van der Waals surface area contributed by atoms with Crippen LogP contribution in [0.15, 0.2) is 47.3 Å². The van der Waals surface area contributed by atoms with E-state index in [-0.39, 0.29) is 25.3 Å². The second-order valence-corrected chi connectivity index (χ2v) is 6.04. The molecule has 0 bridgehead atoms. The molecule has 0 heterocycles. The zero-order chi connectivity index (χ0) is 18.0. The van der Waals surface area contributed by atoms with Crippen LogP contribution in [-0.2, 0) is 25.7 Å². The van der Waals surface area contributed by atoms with Gasteiger partial charge in [-0.25, -0.2) is 5.53 Å². The second kappa shape index (κ2) is 9.44. The summed E-state index contributed by atoms with van der Waals surface area (Å²) in [5.74, 6) is -0.935. The molecule has 0 saturated carbocycles. The minimum atomic E-state index is -0.598. The lowest BCUT2D eigenvalue weighted by atomic mass is 10.2. The van der Waals surface area contributed by atoms with Crippen LogP contribution in [0.4, 0.5) is 0 Å². The highest BCUT2D eigenvalue weighted by atomic mass is 16.6. The smallest absolute Gasteiger partial charge is 0.325 e. The fourth-order valence-corrected chi connectivity index (χ4v) is 1.69. The van der Waals surface area contributed by atoms with Gasteiger partial charge in [0.25, 0.3) is 0 Å². The molecule has 0 aliphatic carbocycles. The van der Waals surface area contributed by atoms with Crippen LogP contribution in [0.3, 0.4) is 0 Å². The third-order valence-electron chi connectivity index (χ3n) is 2.65. The standard InChI is InChI=1S/C17H23N3O4/c1-17(2,3)24-15(21)9-14(20-18)10-19-11-16(22)23-12-13-7-5-4-6-8-13/h4-8,10,18-19H,9,11-12H2,1-3H3/b14-10-,20-18?. The maximum Gasteiger partial charge on any atom is 0.325 e. The van der Waals surface area contributed by atoms with Gasteiger partial charge in [-0.2, -0.15) is 5.11 Å². The molecule has 0 saturated heterocycles. The van der Waals surface area contributed by atoms with Gasteiger partial charge in [0.15, 0.2) is 0 Å². The number of carbonyl (C=O) groups excluding carboxylic acids is 2. The van der Waals surface area contributed by atoms with Crippen molar-refractivity contribution in [3.8, 4) is 0 Å². The van der Waals surface area contributed by atoms with Gasteiger partial charge in [-0.3, -0.25) is 9.59 Å². The van der Waals surface area contributed by atoms with E-state index in [2.05, 4.69) is 10.4 Å². The molecule has 7 heteroatoms. The zero-order valence-electron chi connectivity index (χ0n) is 14.2. The molecule has 24 heavy (non-hydrogen) atoms. The van der Waals surface area contributed by atoms with Crippen LogP contribution in [0.5, 0.6) is 0 Å². The van der Waals surface area contributed by atoms with Crippen LogP contribution in [0.1, 0.15) is 32.8 Å². The Morgan fingerprint density at radius 1 is 1.21 bits per heavy atom. The highest BCUT2D eigenvalue weighted by Gasteiger charge is 2.17. The van der Waals surface area contributed by atoms with Gasteiger partial charge in [-0.15, -0.1) is 0 Å². The number of hydrogen-bond acceptors (Lipinski definition) is 7. The van der Waals surface area contributed by atoms with Crippen molar-refractivity contribution in [3.63, 3.8) is 0 Å². The van der Waals surface area contributed by atoms with Crippen LogP contribution in [0, 0.1) is 5.53 Å². The Kier molecular flexibility index (Phi) is 7.61. The number of esters is 2. The van der Waals surface area contributed by atoms with Gasteiger partial charge in [0.1, 0.15) is 18.8 Å². The summed E-state index contributed by atoms with van der Waals surface area (Å²) >= 11 is 0. The number of nitrogens with zero attached hydrogens (tertiary/aromatic N) is 1. The van der Waals surface area contributed by atoms with Crippen molar-refractivity contribution in [2.45, 2.75) is 39.4 Å². The molecule has 2 N–H and O–H groups in total. The van der Waals surface area contributed by atoms with Crippen molar-refractivity contribution in [2.75, 3.05) is 6.54 Å². The van der Waals surface area contributed by atoms with E-state index in [1.807, 2.05) is 30.3 Å². The van der Waals surface area contributed by atoms with Crippen LogP contribution in [-0.4, -0.2) is 24.1 Å². The summed E-state index contributed by atoms with van der Waals surface area (Å²) in [4.78, 5) is 23.3. The van der Waals surface area contributed by atoms with E-state index >= 15 is 0 Å². The van der Waals surface area contributed by atoms with Crippen molar-refractivity contribution in [3.05, 3.63) is 47.8 Å². The fraction of sp³-hybridized carbons (Fsp3) is 0.412. The molecule has 0 aliphatic rings. The van der Waals surface area contributed by atoms with Crippen molar-refractivity contribution in [1.29, 1.82) is 5.53 Å². The molecule has 0 atom stereocenters. The Morgan fingerprint density at radius 2 is 1.88 bits per heavy atom. The minimum Gasteiger partial charge on any atom is -0.460 e. The molecule has 130 valence electrons. The van der Waals surface area contributed by atoms with Crippen molar-refractivity contribution in [2.24, 2.45) is 5.11 Å². The summed E-state index contributed by atoms with van der Waals surface area (Å²) < 4.78 is 10.2. The molecular weight excluding hydrogens is 310 g/mol. The first-order valence-corrected chi connectivity index (χ1v) is 7.51.